The number of hydrogen-bond acceptors (Lipinski definition) is 1. The zero-order valence-electron chi connectivity index (χ0n) is 11.0. The molecule has 0 amide bonds. The van der Waals surface area contributed by atoms with Gasteiger partial charge in [0.1, 0.15) is 0 Å². The van der Waals surface area contributed by atoms with Crippen molar-refractivity contribution in [2.75, 3.05) is 0 Å². The molecule has 17 heavy (non-hydrogen) atoms. The van der Waals surface area contributed by atoms with Crippen LogP contribution in [0.25, 0.3) is 0 Å². The summed E-state index contributed by atoms with van der Waals surface area (Å²) in [6.07, 6.45) is 5.71. The second-order valence-electron chi connectivity index (χ2n) is 5.56. The largest absolute Gasteiger partial charge is 0.388 e. The Balaban J connectivity index is 2.00. The lowest BCUT2D eigenvalue weighted by molar-refractivity contribution is 0.0755. The molecule has 1 N–H and O–H groups in total. The molecule has 1 aromatic rings. The van der Waals surface area contributed by atoms with Crippen molar-refractivity contribution in [3.05, 3.63) is 35.4 Å². The summed E-state index contributed by atoms with van der Waals surface area (Å²) in [7, 11) is 0. The van der Waals surface area contributed by atoms with Gasteiger partial charge in [-0.05, 0) is 42.2 Å². The molecule has 0 aromatic heterocycles. The fourth-order valence-electron chi connectivity index (χ4n) is 2.82. The summed E-state index contributed by atoms with van der Waals surface area (Å²) < 4.78 is 0. The van der Waals surface area contributed by atoms with Gasteiger partial charge in [-0.3, -0.25) is 0 Å². The van der Waals surface area contributed by atoms with Gasteiger partial charge < -0.3 is 5.11 Å². The van der Waals surface area contributed by atoms with Crippen LogP contribution in [-0.2, 0) is 6.42 Å². The van der Waals surface area contributed by atoms with Crippen molar-refractivity contribution >= 4 is 0 Å². The van der Waals surface area contributed by atoms with Gasteiger partial charge in [-0.15, -0.1) is 0 Å². The van der Waals surface area contributed by atoms with Crippen molar-refractivity contribution in [1.29, 1.82) is 0 Å². The van der Waals surface area contributed by atoms with Crippen molar-refractivity contribution in [2.24, 2.45) is 11.8 Å². The van der Waals surface area contributed by atoms with Gasteiger partial charge >= 0.3 is 0 Å². The van der Waals surface area contributed by atoms with Crippen LogP contribution < -0.4 is 0 Å². The third-order valence-electron chi connectivity index (χ3n) is 4.24. The Bertz CT molecular complexity index is 333. The van der Waals surface area contributed by atoms with Crippen LogP contribution in [0, 0.1) is 11.8 Å². The Hall–Kier alpha value is -0.820. The van der Waals surface area contributed by atoms with E-state index in [1.807, 2.05) is 0 Å². The minimum atomic E-state index is -0.256. The van der Waals surface area contributed by atoms with E-state index >= 15 is 0 Å². The fourth-order valence-corrected chi connectivity index (χ4v) is 2.82. The summed E-state index contributed by atoms with van der Waals surface area (Å²) >= 11 is 0. The van der Waals surface area contributed by atoms with E-state index in [9.17, 15) is 5.11 Å². The quantitative estimate of drug-likeness (QED) is 0.831. The van der Waals surface area contributed by atoms with Crippen LogP contribution in [0.3, 0.4) is 0 Å². The van der Waals surface area contributed by atoms with Gasteiger partial charge in [-0.2, -0.15) is 0 Å². The first-order chi connectivity index (χ1) is 8.20. The molecule has 94 valence electrons. The summed E-state index contributed by atoms with van der Waals surface area (Å²) in [6, 6.07) is 8.48. The van der Waals surface area contributed by atoms with E-state index < -0.39 is 0 Å². The molecule has 0 aliphatic heterocycles. The number of aliphatic hydroxyl groups is 1. The lowest BCUT2D eigenvalue weighted by atomic mass is 9.78. The zero-order valence-corrected chi connectivity index (χ0v) is 11.0. The summed E-state index contributed by atoms with van der Waals surface area (Å²) in [4.78, 5) is 0. The molecular weight excluding hydrogens is 208 g/mol. The number of rotatable bonds is 3. The van der Waals surface area contributed by atoms with E-state index in [1.165, 1.54) is 31.2 Å². The Labute approximate surface area is 105 Å². The molecule has 0 radical (unpaired) electrons. The third kappa shape index (κ3) is 3.10. The Morgan fingerprint density at radius 3 is 2.24 bits per heavy atom. The monoisotopic (exact) mass is 232 g/mol. The van der Waals surface area contributed by atoms with E-state index in [0.717, 1.165) is 17.9 Å². The summed E-state index contributed by atoms with van der Waals surface area (Å²) in [6.45, 7) is 4.48. The minimum Gasteiger partial charge on any atom is -0.388 e. The van der Waals surface area contributed by atoms with Crippen LogP contribution in [-0.4, -0.2) is 5.11 Å². The SMILES string of the molecule is CCc1ccc(C(O)C2CCC(C)CC2)cc1. The molecule has 0 saturated heterocycles. The molecule has 1 aromatic carbocycles. The molecule has 1 atom stereocenters. The number of aliphatic hydroxyl groups excluding tert-OH is 1. The van der Waals surface area contributed by atoms with Crippen molar-refractivity contribution < 1.29 is 5.11 Å². The number of benzene rings is 1. The van der Waals surface area contributed by atoms with Crippen molar-refractivity contribution in [2.45, 2.75) is 52.1 Å². The highest BCUT2D eigenvalue weighted by atomic mass is 16.3. The number of aryl methyl sites for hydroxylation is 1. The van der Waals surface area contributed by atoms with Gasteiger partial charge in [0.2, 0.25) is 0 Å². The molecule has 1 saturated carbocycles. The molecule has 2 rings (SSSR count). The van der Waals surface area contributed by atoms with Crippen LogP contribution in [0.4, 0.5) is 0 Å². The van der Waals surface area contributed by atoms with E-state index in [2.05, 4.69) is 38.1 Å². The van der Waals surface area contributed by atoms with Crippen molar-refractivity contribution in [3.63, 3.8) is 0 Å². The lowest BCUT2D eigenvalue weighted by Gasteiger charge is -2.30. The van der Waals surface area contributed by atoms with E-state index in [1.54, 1.807) is 0 Å². The van der Waals surface area contributed by atoms with Gasteiger partial charge in [-0.1, -0.05) is 51.0 Å². The van der Waals surface area contributed by atoms with Gasteiger partial charge in [0.05, 0.1) is 6.10 Å². The summed E-state index contributed by atoms with van der Waals surface area (Å²) in [5, 5.41) is 10.4. The normalized spacial score (nSPS) is 26.8. The average molecular weight is 232 g/mol. The molecule has 1 aliphatic rings. The predicted molar refractivity (Wildman–Crippen MR) is 71.9 cm³/mol. The molecule has 1 heteroatoms. The first-order valence-corrected chi connectivity index (χ1v) is 6.97. The minimum absolute atomic E-state index is 0.256. The van der Waals surface area contributed by atoms with E-state index in [-0.39, 0.29) is 6.10 Å². The average Bonchev–Trinajstić information content (AvgIpc) is 2.39. The summed E-state index contributed by atoms with van der Waals surface area (Å²) in [5.74, 6) is 1.32. The highest BCUT2D eigenvalue weighted by Gasteiger charge is 2.25. The maximum Gasteiger partial charge on any atom is 0.0818 e. The topological polar surface area (TPSA) is 20.2 Å². The Morgan fingerprint density at radius 1 is 1.12 bits per heavy atom. The molecule has 1 aliphatic carbocycles. The van der Waals surface area contributed by atoms with Gasteiger partial charge in [0.25, 0.3) is 0 Å². The third-order valence-corrected chi connectivity index (χ3v) is 4.24. The Kier molecular flexibility index (Phi) is 4.22. The Morgan fingerprint density at radius 2 is 1.71 bits per heavy atom. The fraction of sp³-hybridized carbons (Fsp3) is 0.625. The van der Waals surface area contributed by atoms with Gasteiger partial charge in [-0.25, -0.2) is 0 Å². The molecule has 1 nitrogen and oxygen atoms in total. The van der Waals surface area contributed by atoms with E-state index in [4.69, 9.17) is 0 Å². The van der Waals surface area contributed by atoms with Crippen LogP contribution >= 0.6 is 0 Å². The van der Waals surface area contributed by atoms with Crippen LogP contribution in [0.15, 0.2) is 24.3 Å². The van der Waals surface area contributed by atoms with Crippen molar-refractivity contribution in [3.8, 4) is 0 Å². The van der Waals surface area contributed by atoms with Crippen molar-refractivity contribution in [1.82, 2.24) is 0 Å². The van der Waals surface area contributed by atoms with Crippen LogP contribution in [0.1, 0.15) is 56.8 Å². The van der Waals surface area contributed by atoms with Crippen LogP contribution in [0.5, 0.6) is 0 Å². The number of hydrogen-bond donors (Lipinski definition) is 1. The molecule has 1 fully saturated rings. The standard InChI is InChI=1S/C16H24O/c1-3-13-6-10-15(11-7-13)16(17)14-8-4-12(2)5-9-14/h6-7,10-12,14,16-17H,3-5,8-9H2,1-2H3. The predicted octanol–water partition coefficient (Wildman–Crippen LogP) is 4.11. The molecule has 0 spiro atoms. The van der Waals surface area contributed by atoms with E-state index in [0.29, 0.717) is 5.92 Å². The second kappa shape index (κ2) is 5.68. The molecule has 0 bridgehead atoms. The van der Waals surface area contributed by atoms with Gasteiger partial charge in [0.15, 0.2) is 0 Å². The second-order valence-corrected chi connectivity index (χ2v) is 5.56. The van der Waals surface area contributed by atoms with Crippen LogP contribution in [0.2, 0.25) is 0 Å². The highest BCUT2D eigenvalue weighted by Crippen LogP contribution is 2.36. The first-order valence-electron chi connectivity index (χ1n) is 6.97. The van der Waals surface area contributed by atoms with Gasteiger partial charge in [0, 0.05) is 0 Å². The lowest BCUT2D eigenvalue weighted by Crippen LogP contribution is -2.19. The maximum atomic E-state index is 10.4. The molecule has 0 heterocycles. The first kappa shape index (κ1) is 12.6. The maximum absolute atomic E-state index is 10.4. The smallest absolute Gasteiger partial charge is 0.0818 e. The molecule has 1 unspecified atom stereocenters. The molecular formula is C16H24O. The highest BCUT2D eigenvalue weighted by molar-refractivity contribution is 5.24. The zero-order chi connectivity index (χ0) is 12.3. The summed E-state index contributed by atoms with van der Waals surface area (Å²) in [5.41, 5.74) is 2.44.